The molecule has 1 aliphatic rings. The maximum atomic E-state index is 4.63. The molecule has 2 rings (SSSR count). The molecule has 2 N–H and O–H groups in total. The van der Waals surface area contributed by atoms with E-state index in [-0.39, 0.29) is 24.0 Å². The first-order valence-corrected chi connectivity index (χ1v) is 7.97. The number of benzene rings is 1. The number of halogens is 1. The van der Waals surface area contributed by atoms with Crippen LogP contribution in [0.5, 0.6) is 0 Å². The molecule has 3 nitrogen and oxygen atoms in total. The molecular weight excluding hydrogens is 373 g/mol. The highest BCUT2D eigenvalue weighted by Crippen LogP contribution is 2.18. The van der Waals surface area contributed by atoms with Gasteiger partial charge in [0, 0.05) is 19.1 Å². The lowest BCUT2D eigenvalue weighted by Crippen LogP contribution is -2.38. The van der Waals surface area contributed by atoms with Gasteiger partial charge in [0.1, 0.15) is 0 Å². The van der Waals surface area contributed by atoms with Crippen molar-refractivity contribution < 1.29 is 0 Å². The lowest BCUT2D eigenvalue weighted by molar-refractivity contribution is 0.681. The molecule has 0 heterocycles. The summed E-state index contributed by atoms with van der Waals surface area (Å²) in [6, 6.07) is 11.4. The summed E-state index contributed by atoms with van der Waals surface area (Å²) in [4.78, 5) is 4.63. The van der Waals surface area contributed by atoms with Crippen molar-refractivity contribution in [1.29, 1.82) is 0 Å². The van der Waals surface area contributed by atoms with Gasteiger partial charge in [0.15, 0.2) is 5.96 Å². The van der Waals surface area contributed by atoms with Gasteiger partial charge in [-0.3, -0.25) is 4.99 Å². The van der Waals surface area contributed by atoms with Crippen LogP contribution in [0.2, 0.25) is 0 Å². The number of aliphatic imine (C=N–C) groups is 1. The molecule has 0 bridgehead atoms. The predicted molar refractivity (Wildman–Crippen MR) is 102 cm³/mol. The normalized spacial score (nSPS) is 14.4. The second-order valence-corrected chi connectivity index (χ2v) is 5.48. The average Bonchev–Trinajstić information content (AvgIpc) is 3.28. The number of nitrogens with zero attached hydrogens (tertiary/aromatic N) is 1. The second-order valence-electron chi connectivity index (χ2n) is 5.48. The fourth-order valence-corrected chi connectivity index (χ4v) is 2.19. The molecule has 0 aliphatic heterocycles. The van der Waals surface area contributed by atoms with E-state index in [1.807, 2.05) is 0 Å². The Morgan fingerprint density at radius 1 is 1.14 bits per heavy atom. The number of hydrogen-bond donors (Lipinski definition) is 2. The Bertz CT molecular complexity index is 402. The Morgan fingerprint density at radius 2 is 1.90 bits per heavy atom. The predicted octanol–water partition coefficient (Wildman–Crippen LogP) is 3.73. The lowest BCUT2D eigenvalue weighted by Gasteiger charge is -2.09. The molecule has 1 saturated carbocycles. The highest BCUT2D eigenvalue weighted by atomic mass is 127. The number of nitrogens with one attached hydrogen (secondary N) is 2. The minimum absolute atomic E-state index is 0. The van der Waals surface area contributed by atoms with Crippen LogP contribution in [0.25, 0.3) is 0 Å². The molecule has 0 spiro atoms. The smallest absolute Gasteiger partial charge is 0.191 e. The Labute approximate surface area is 146 Å². The zero-order valence-corrected chi connectivity index (χ0v) is 15.3. The molecule has 21 heavy (non-hydrogen) atoms. The molecule has 0 amide bonds. The Balaban J connectivity index is 0.00000220. The first-order chi connectivity index (χ1) is 9.88. The largest absolute Gasteiger partial charge is 0.357 e. The third-order valence-corrected chi connectivity index (χ3v) is 3.50. The minimum Gasteiger partial charge on any atom is -0.357 e. The van der Waals surface area contributed by atoms with Crippen LogP contribution < -0.4 is 10.6 Å². The van der Waals surface area contributed by atoms with Crippen molar-refractivity contribution in [1.82, 2.24) is 10.6 Å². The number of guanidine groups is 1. The van der Waals surface area contributed by atoms with E-state index >= 15 is 0 Å². The first kappa shape index (κ1) is 18.3. The zero-order chi connectivity index (χ0) is 14.0. The standard InChI is InChI=1S/C17H27N3.HI/c1-2-18-17(20-16-12-13-16)19-14-8-4-7-11-15-9-5-3-6-10-15;/h3,5-6,9-10,16H,2,4,7-8,11-14H2,1H3,(H2,18,19,20);1H. The number of rotatable bonds is 8. The van der Waals surface area contributed by atoms with E-state index in [0.717, 1.165) is 19.0 Å². The molecule has 0 unspecified atom stereocenters. The molecular formula is C17H28IN3. The summed E-state index contributed by atoms with van der Waals surface area (Å²) in [5, 5.41) is 6.76. The molecule has 118 valence electrons. The fraction of sp³-hybridized carbons (Fsp3) is 0.588. The molecule has 1 aromatic carbocycles. The fourth-order valence-electron chi connectivity index (χ4n) is 2.19. The first-order valence-electron chi connectivity index (χ1n) is 7.97. The van der Waals surface area contributed by atoms with Crippen molar-refractivity contribution in [2.45, 2.75) is 51.5 Å². The van der Waals surface area contributed by atoms with Crippen LogP contribution in [0.4, 0.5) is 0 Å². The molecule has 1 aromatic rings. The van der Waals surface area contributed by atoms with Gasteiger partial charge in [0.25, 0.3) is 0 Å². The maximum absolute atomic E-state index is 4.63. The van der Waals surface area contributed by atoms with Gasteiger partial charge in [-0.1, -0.05) is 36.8 Å². The van der Waals surface area contributed by atoms with Crippen LogP contribution in [-0.4, -0.2) is 25.1 Å². The van der Waals surface area contributed by atoms with Gasteiger partial charge in [-0.05, 0) is 44.6 Å². The van der Waals surface area contributed by atoms with Gasteiger partial charge in [-0.15, -0.1) is 24.0 Å². The molecule has 0 radical (unpaired) electrons. The molecule has 0 atom stereocenters. The second kappa shape index (κ2) is 10.9. The molecule has 1 aliphatic carbocycles. The number of unbranched alkanes of at least 4 members (excludes halogenated alkanes) is 2. The lowest BCUT2D eigenvalue weighted by atomic mass is 10.1. The van der Waals surface area contributed by atoms with E-state index in [0.29, 0.717) is 6.04 Å². The van der Waals surface area contributed by atoms with Crippen molar-refractivity contribution in [2.75, 3.05) is 13.1 Å². The van der Waals surface area contributed by atoms with Crippen LogP contribution >= 0.6 is 24.0 Å². The van der Waals surface area contributed by atoms with Gasteiger partial charge >= 0.3 is 0 Å². The van der Waals surface area contributed by atoms with E-state index in [2.05, 4.69) is 52.9 Å². The van der Waals surface area contributed by atoms with E-state index in [1.165, 1.54) is 44.1 Å². The third-order valence-electron chi connectivity index (χ3n) is 3.50. The van der Waals surface area contributed by atoms with Gasteiger partial charge < -0.3 is 10.6 Å². The summed E-state index contributed by atoms with van der Waals surface area (Å²) in [6.07, 6.45) is 7.45. The maximum Gasteiger partial charge on any atom is 0.191 e. The van der Waals surface area contributed by atoms with Gasteiger partial charge in [0.2, 0.25) is 0 Å². The van der Waals surface area contributed by atoms with Gasteiger partial charge in [-0.2, -0.15) is 0 Å². The SMILES string of the molecule is CCNC(=NCCCCCc1ccccc1)NC1CC1.I. The van der Waals surface area contributed by atoms with Crippen LogP contribution in [0, 0.1) is 0 Å². The monoisotopic (exact) mass is 401 g/mol. The Kier molecular flexibility index (Phi) is 9.46. The van der Waals surface area contributed by atoms with Crippen LogP contribution in [0.3, 0.4) is 0 Å². The molecule has 0 saturated heterocycles. The van der Waals surface area contributed by atoms with Crippen molar-refractivity contribution in [2.24, 2.45) is 4.99 Å². The Hall–Kier alpha value is -0.780. The third kappa shape index (κ3) is 8.29. The van der Waals surface area contributed by atoms with Crippen LogP contribution in [0.1, 0.15) is 44.6 Å². The highest BCUT2D eigenvalue weighted by Gasteiger charge is 2.21. The summed E-state index contributed by atoms with van der Waals surface area (Å²) < 4.78 is 0. The van der Waals surface area contributed by atoms with Crippen molar-refractivity contribution in [3.05, 3.63) is 35.9 Å². The summed E-state index contributed by atoms with van der Waals surface area (Å²) >= 11 is 0. The van der Waals surface area contributed by atoms with E-state index in [9.17, 15) is 0 Å². The van der Waals surface area contributed by atoms with E-state index in [1.54, 1.807) is 0 Å². The van der Waals surface area contributed by atoms with E-state index in [4.69, 9.17) is 0 Å². The zero-order valence-electron chi connectivity index (χ0n) is 13.0. The summed E-state index contributed by atoms with van der Waals surface area (Å²) in [5.74, 6) is 0.998. The van der Waals surface area contributed by atoms with Crippen LogP contribution in [0.15, 0.2) is 35.3 Å². The minimum atomic E-state index is 0. The quantitative estimate of drug-likeness (QED) is 0.301. The van der Waals surface area contributed by atoms with Crippen molar-refractivity contribution in [3.63, 3.8) is 0 Å². The van der Waals surface area contributed by atoms with Gasteiger partial charge in [0.05, 0.1) is 0 Å². The Morgan fingerprint density at radius 3 is 2.57 bits per heavy atom. The summed E-state index contributed by atoms with van der Waals surface area (Å²) in [5.41, 5.74) is 1.44. The van der Waals surface area contributed by atoms with Crippen molar-refractivity contribution >= 4 is 29.9 Å². The number of hydrogen-bond acceptors (Lipinski definition) is 1. The topological polar surface area (TPSA) is 36.4 Å². The van der Waals surface area contributed by atoms with Gasteiger partial charge in [-0.25, -0.2) is 0 Å². The van der Waals surface area contributed by atoms with Crippen molar-refractivity contribution in [3.8, 4) is 0 Å². The average molecular weight is 401 g/mol. The van der Waals surface area contributed by atoms with Crippen LogP contribution in [-0.2, 0) is 6.42 Å². The number of aryl methyl sites for hydroxylation is 1. The summed E-state index contributed by atoms with van der Waals surface area (Å²) in [7, 11) is 0. The molecule has 0 aromatic heterocycles. The highest BCUT2D eigenvalue weighted by molar-refractivity contribution is 14.0. The summed E-state index contributed by atoms with van der Waals surface area (Å²) in [6.45, 7) is 3.98. The molecule has 1 fully saturated rings. The van der Waals surface area contributed by atoms with E-state index < -0.39 is 0 Å². The molecule has 4 heteroatoms.